The van der Waals surface area contributed by atoms with Gasteiger partial charge in [-0.3, -0.25) is 9.69 Å². The van der Waals surface area contributed by atoms with Gasteiger partial charge in [-0.1, -0.05) is 44.2 Å². The van der Waals surface area contributed by atoms with Gasteiger partial charge in [-0.05, 0) is 24.3 Å². The Bertz CT molecular complexity index is 1030. The number of aromatic amines is 1. The molecule has 3 unspecified atom stereocenters. The first kappa shape index (κ1) is 20.8. The number of nitrogens with zero attached hydrogens (tertiary/aromatic N) is 4. The summed E-state index contributed by atoms with van der Waals surface area (Å²) in [4.78, 5) is 22.8. The molecule has 1 aliphatic rings. The van der Waals surface area contributed by atoms with E-state index in [1.54, 1.807) is 17.8 Å². The van der Waals surface area contributed by atoms with Gasteiger partial charge >= 0.3 is 0 Å². The zero-order valence-corrected chi connectivity index (χ0v) is 18.0. The summed E-state index contributed by atoms with van der Waals surface area (Å²) in [6.07, 6.45) is 3.43. The van der Waals surface area contributed by atoms with Gasteiger partial charge in [0.15, 0.2) is 5.52 Å². The number of ether oxygens (including phenoxy) is 1. The van der Waals surface area contributed by atoms with Gasteiger partial charge in [0.05, 0.1) is 6.20 Å². The second-order valence-electron chi connectivity index (χ2n) is 8.40. The van der Waals surface area contributed by atoms with Gasteiger partial charge in [0.1, 0.15) is 11.6 Å². The van der Waals surface area contributed by atoms with Crippen molar-refractivity contribution in [1.82, 2.24) is 24.5 Å². The van der Waals surface area contributed by atoms with Crippen LogP contribution in [0.4, 0.5) is 0 Å². The minimum Gasteiger partial charge on any atom is -0.385 e. The number of fused-ring (bicyclic) bond motifs is 1. The number of methoxy groups -OCH3 is 1. The summed E-state index contributed by atoms with van der Waals surface area (Å²) >= 11 is 0. The highest BCUT2D eigenvalue weighted by Crippen LogP contribution is 2.31. The van der Waals surface area contributed by atoms with Crippen LogP contribution in [0.2, 0.25) is 0 Å². The van der Waals surface area contributed by atoms with Crippen molar-refractivity contribution in [3.05, 3.63) is 64.1 Å². The zero-order chi connectivity index (χ0) is 21.1. The van der Waals surface area contributed by atoms with Gasteiger partial charge < -0.3 is 9.72 Å². The van der Waals surface area contributed by atoms with Crippen molar-refractivity contribution in [2.75, 3.05) is 26.8 Å². The molecule has 4 rings (SSSR count). The van der Waals surface area contributed by atoms with E-state index in [0.717, 1.165) is 44.1 Å². The number of hydrogen-bond donors (Lipinski definition) is 1. The van der Waals surface area contributed by atoms with Crippen LogP contribution in [0, 0.1) is 5.92 Å². The van der Waals surface area contributed by atoms with Crippen LogP contribution in [0.1, 0.15) is 55.7 Å². The molecule has 1 fully saturated rings. The molecule has 0 bridgehead atoms. The highest BCUT2D eigenvalue weighted by Gasteiger charge is 2.33. The minimum atomic E-state index is -0.117. The summed E-state index contributed by atoms with van der Waals surface area (Å²) in [5.41, 5.74) is 1.70. The molecule has 7 nitrogen and oxygen atoms in total. The van der Waals surface area contributed by atoms with E-state index in [-0.39, 0.29) is 17.4 Å². The van der Waals surface area contributed by atoms with Gasteiger partial charge in [0.25, 0.3) is 5.56 Å². The van der Waals surface area contributed by atoms with E-state index >= 15 is 0 Å². The van der Waals surface area contributed by atoms with Crippen molar-refractivity contribution >= 4 is 5.52 Å². The molecule has 1 N–H and O–H groups in total. The molecular weight excluding hydrogens is 378 g/mol. The van der Waals surface area contributed by atoms with E-state index in [0.29, 0.717) is 18.0 Å². The fraction of sp³-hybridized carbons (Fsp3) is 0.522. The topological polar surface area (TPSA) is 75.5 Å². The van der Waals surface area contributed by atoms with E-state index in [9.17, 15) is 4.79 Å². The third kappa shape index (κ3) is 4.18. The SMILES string of the molecule is CCC(CCOC)c1ncc2c(=O)[nH]c(C3CN(Cc4ccccc4)CC3C)nn12. The Morgan fingerprint density at radius 2 is 2.07 bits per heavy atom. The van der Waals surface area contributed by atoms with E-state index in [1.165, 1.54) is 5.56 Å². The summed E-state index contributed by atoms with van der Waals surface area (Å²) in [7, 11) is 1.71. The molecule has 3 aromatic rings. The van der Waals surface area contributed by atoms with Crippen molar-refractivity contribution in [1.29, 1.82) is 0 Å². The molecule has 160 valence electrons. The second-order valence-corrected chi connectivity index (χ2v) is 8.40. The first-order chi connectivity index (χ1) is 14.6. The van der Waals surface area contributed by atoms with Crippen LogP contribution >= 0.6 is 0 Å². The van der Waals surface area contributed by atoms with E-state index in [4.69, 9.17) is 9.84 Å². The number of hydrogen-bond acceptors (Lipinski definition) is 5. The molecule has 3 heterocycles. The molecule has 0 saturated carbocycles. The van der Waals surface area contributed by atoms with E-state index < -0.39 is 0 Å². The fourth-order valence-corrected chi connectivity index (χ4v) is 4.55. The molecule has 7 heteroatoms. The number of H-pyrrole nitrogens is 1. The second kappa shape index (κ2) is 9.10. The molecule has 0 radical (unpaired) electrons. The Morgan fingerprint density at radius 1 is 1.27 bits per heavy atom. The highest BCUT2D eigenvalue weighted by atomic mass is 16.5. The monoisotopic (exact) mass is 409 g/mol. The maximum atomic E-state index is 12.8. The predicted octanol–water partition coefficient (Wildman–Crippen LogP) is 3.18. The molecule has 1 saturated heterocycles. The molecular formula is C23H31N5O2. The smallest absolute Gasteiger partial charge is 0.276 e. The van der Waals surface area contributed by atoms with Crippen LogP contribution in [0.3, 0.4) is 0 Å². The lowest BCUT2D eigenvalue weighted by molar-refractivity contribution is 0.185. The van der Waals surface area contributed by atoms with Gasteiger partial charge in [0, 0.05) is 45.2 Å². The normalized spacial score (nSPS) is 20.8. The number of aromatic nitrogens is 4. The number of rotatable bonds is 8. The molecule has 2 aromatic heterocycles. The summed E-state index contributed by atoms with van der Waals surface area (Å²) in [5.74, 6) is 2.43. The van der Waals surface area contributed by atoms with Crippen molar-refractivity contribution in [2.45, 2.75) is 45.1 Å². The number of benzene rings is 1. The molecule has 0 aliphatic carbocycles. The van der Waals surface area contributed by atoms with Gasteiger partial charge in [-0.25, -0.2) is 9.50 Å². The van der Waals surface area contributed by atoms with Gasteiger partial charge in [-0.2, -0.15) is 5.10 Å². The quantitative estimate of drug-likeness (QED) is 0.618. The lowest BCUT2D eigenvalue weighted by Gasteiger charge is -2.17. The van der Waals surface area contributed by atoms with Crippen LogP contribution in [-0.4, -0.2) is 51.3 Å². The molecule has 0 amide bonds. The molecule has 1 aliphatic heterocycles. The van der Waals surface area contributed by atoms with Crippen molar-refractivity contribution in [3.63, 3.8) is 0 Å². The van der Waals surface area contributed by atoms with Crippen LogP contribution in [-0.2, 0) is 11.3 Å². The molecule has 3 atom stereocenters. The Balaban J connectivity index is 1.61. The Kier molecular flexibility index (Phi) is 6.29. The molecule has 1 aromatic carbocycles. The summed E-state index contributed by atoms with van der Waals surface area (Å²) < 4.78 is 7.03. The first-order valence-corrected chi connectivity index (χ1v) is 10.8. The van der Waals surface area contributed by atoms with Gasteiger partial charge in [0.2, 0.25) is 0 Å². The number of nitrogens with one attached hydrogen (secondary N) is 1. The standard InChI is InChI=1S/C23H31N5O2/c1-4-18(10-11-30-3)22-24-12-20-23(29)25-21(26-28(20)22)19-15-27(13-16(19)2)14-17-8-6-5-7-9-17/h5-9,12,16,18-19H,4,10-11,13-15H2,1-3H3,(H,25,26,29). The highest BCUT2D eigenvalue weighted by molar-refractivity contribution is 5.42. The Morgan fingerprint density at radius 3 is 2.80 bits per heavy atom. The van der Waals surface area contributed by atoms with E-state index in [2.05, 4.69) is 53.0 Å². The average molecular weight is 410 g/mol. The van der Waals surface area contributed by atoms with Crippen molar-refractivity contribution in [3.8, 4) is 0 Å². The lowest BCUT2D eigenvalue weighted by Crippen LogP contribution is -2.23. The van der Waals surface area contributed by atoms with Crippen molar-refractivity contribution in [2.24, 2.45) is 5.92 Å². The number of likely N-dealkylation sites (tertiary alicyclic amines) is 1. The van der Waals surface area contributed by atoms with E-state index in [1.807, 2.05) is 6.07 Å². The largest absolute Gasteiger partial charge is 0.385 e. The Labute approximate surface area is 177 Å². The predicted molar refractivity (Wildman–Crippen MR) is 117 cm³/mol. The van der Waals surface area contributed by atoms with Crippen molar-refractivity contribution < 1.29 is 4.74 Å². The fourth-order valence-electron chi connectivity index (χ4n) is 4.55. The summed E-state index contributed by atoms with van der Waals surface area (Å²) in [5, 5.41) is 4.88. The maximum absolute atomic E-state index is 12.8. The van der Waals surface area contributed by atoms with Crippen LogP contribution in [0.5, 0.6) is 0 Å². The molecule has 0 spiro atoms. The zero-order valence-electron chi connectivity index (χ0n) is 18.0. The van der Waals surface area contributed by atoms with Crippen LogP contribution in [0.15, 0.2) is 41.3 Å². The van der Waals surface area contributed by atoms with Crippen LogP contribution < -0.4 is 5.56 Å². The Hall–Kier alpha value is -2.51. The average Bonchev–Trinajstić information content (AvgIpc) is 3.33. The first-order valence-electron chi connectivity index (χ1n) is 10.8. The third-order valence-corrected chi connectivity index (χ3v) is 6.26. The maximum Gasteiger partial charge on any atom is 0.276 e. The van der Waals surface area contributed by atoms with Crippen LogP contribution in [0.25, 0.3) is 5.52 Å². The number of imidazole rings is 1. The van der Waals surface area contributed by atoms with Gasteiger partial charge in [-0.15, -0.1) is 0 Å². The summed E-state index contributed by atoms with van der Waals surface area (Å²) in [6.45, 7) is 7.83. The lowest BCUT2D eigenvalue weighted by atomic mass is 9.97. The summed E-state index contributed by atoms with van der Waals surface area (Å²) in [6, 6.07) is 10.5. The minimum absolute atomic E-state index is 0.117. The third-order valence-electron chi connectivity index (χ3n) is 6.26. The molecule has 30 heavy (non-hydrogen) atoms.